The summed E-state index contributed by atoms with van der Waals surface area (Å²) in [4.78, 5) is 14.1. The predicted octanol–water partition coefficient (Wildman–Crippen LogP) is 0.605. The Bertz CT molecular complexity index is 258. The van der Waals surface area contributed by atoms with Gasteiger partial charge in [-0.05, 0) is 6.42 Å². The fraction of sp³-hybridized carbons (Fsp3) is 0.667. The van der Waals surface area contributed by atoms with Crippen molar-refractivity contribution in [2.75, 3.05) is 6.54 Å². The van der Waals surface area contributed by atoms with E-state index in [-0.39, 0.29) is 6.54 Å². The summed E-state index contributed by atoms with van der Waals surface area (Å²) < 4.78 is 34.9. The molecule has 0 saturated carbocycles. The average molecular weight is 194 g/mol. The molecule has 0 unspecified atom stereocenters. The number of carbonyl (C=O) groups is 1. The first kappa shape index (κ1) is 9.80. The van der Waals surface area contributed by atoms with Crippen LogP contribution in [0.2, 0.25) is 0 Å². The first-order valence-corrected chi connectivity index (χ1v) is 3.40. The van der Waals surface area contributed by atoms with Crippen LogP contribution in [0.5, 0.6) is 0 Å². The topological polar surface area (TPSA) is 53.3 Å². The maximum absolute atomic E-state index is 11.6. The number of nitriles is 1. The minimum atomic E-state index is -5.00. The van der Waals surface area contributed by atoms with Crippen molar-refractivity contribution in [1.82, 2.24) is 5.06 Å². The minimum absolute atomic E-state index is 0.167. The van der Waals surface area contributed by atoms with E-state index >= 15 is 0 Å². The van der Waals surface area contributed by atoms with Gasteiger partial charge in [0, 0.05) is 6.54 Å². The van der Waals surface area contributed by atoms with Crippen LogP contribution in [0, 0.1) is 11.3 Å². The summed E-state index contributed by atoms with van der Waals surface area (Å²) in [5, 5.41) is 9.03. The summed E-state index contributed by atoms with van der Waals surface area (Å²) in [6.07, 6.45) is -4.59. The van der Waals surface area contributed by atoms with Gasteiger partial charge in [0.15, 0.2) is 0 Å². The first-order valence-electron chi connectivity index (χ1n) is 3.40. The molecule has 0 spiro atoms. The van der Waals surface area contributed by atoms with Gasteiger partial charge in [0.25, 0.3) is 0 Å². The molecule has 0 aromatic carbocycles. The number of carbonyl (C=O) groups excluding carboxylic acids is 1. The van der Waals surface area contributed by atoms with Gasteiger partial charge in [-0.15, -0.1) is 5.06 Å². The molecule has 0 amide bonds. The lowest BCUT2D eigenvalue weighted by Gasteiger charge is -2.33. The molecule has 1 aliphatic heterocycles. The minimum Gasteiger partial charge on any atom is -0.359 e. The molecule has 0 aliphatic carbocycles. The number of rotatable bonds is 1. The SMILES string of the molecule is N#C[C@@H]1CCN1OC(=O)C(F)(F)F. The van der Waals surface area contributed by atoms with E-state index in [2.05, 4.69) is 4.84 Å². The Labute approximate surface area is 71.4 Å². The molecule has 13 heavy (non-hydrogen) atoms. The smallest absolute Gasteiger partial charge is 0.359 e. The van der Waals surface area contributed by atoms with Gasteiger partial charge in [0.05, 0.1) is 6.07 Å². The third-order valence-corrected chi connectivity index (χ3v) is 1.55. The van der Waals surface area contributed by atoms with Crippen LogP contribution in [0.4, 0.5) is 13.2 Å². The van der Waals surface area contributed by atoms with Gasteiger partial charge in [-0.2, -0.15) is 18.4 Å². The number of nitrogens with zero attached hydrogens (tertiary/aromatic N) is 2. The van der Waals surface area contributed by atoms with E-state index in [1.807, 2.05) is 0 Å². The first-order chi connectivity index (χ1) is 5.95. The second-order valence-electron chi connectivity index (χ2n) is 2.45. The van der Waals surface area contributed by atoms with E-state index in [0.717, 1.165) is 5.06 Å². The lowest BCUT2D eigenvalue weighted by atomic mass is 10.1. The van der Waals surface area contributed by atoms with Gasteiger partial charge in [0.1, 0.15) is 6.04 Å². The highest BCUT2D eigenvalue weighted by molar-refractivity contribution is 5.75. The Morgan fingerprint density at radius 1 is 1.62 bits per heavy atom. The number of hydrogen-bond donors (Lipinski definition) is 0. The van der Waals surface area contributed by atoms with Gasteiger partial charge in [-0.3, -0.25) is 0 Å². The fourth-order valence-corrected chi connectivity index (χ4v) is 0.760. The van der Waals surface area contributed by atoms with E-state index in [4.69, 9.17) is 5.26 Å². The van der Waals surface area contributed by atoms with Gasteiger partial charge in [-0.25, -0.2) is 4.79 Å². The van der Waals surface area contributed by atoms with Gasteiger partial charge < -0.3 is 4.84 Å². The Hall–Kier alpha value is -1.29. The molecule has 7 heteroatoms. The maximum atomic E-state index is 11.6. The summed E-state index contributed by atoms with van der Waals surface area (Å²) >= 11 is 0. The zero-order chi connectivity index (χ0) is 10.1. The Morgan fingerprint density at radius 3 is 2.54 bits per heavy atom. The number of alkyl halides is 3. The van der Waals surface area contributed by atoms with E-state index in [1.54, 1.807) is 6.07 Å². The molecule has 72 valence electrons. The predicted molar refractivity (Wildman–Crippen MR) is 32.9 cm³/mol. The fourth-order valence-electron chi connectivity index (χ4n) is 0.760. The van der Waals surface area contributed by atoms with Crippen molar-refractivity contribution in [2.24, 2.45) is 0 Å². The largest absolute Gasteiger partial charge is 0.492 e. The quantitative estimate of drug-likeness (QED) is 0.613. The molecule has 1 saturated heterocycles. The third-order valence-electron chi connectivity index (χ3n) is 1.55. The summed E-state index contributed by atoms with van der Waals surface area (Å²) in [5.41, 5.74) is 0. The van der Waals surface area contributed by atoms with Crippen molar-refractivity contribution in [2.45, 2.75) is 18.6 Å². The molecule has 0 aromatic rings. The molecule has 1 heterocycles. The molecule has 1 atom stereocenters. The summed E-state index contributed by atoms with van der Waals surface area (Å²) in [6, 6.07) is 0.945. The van der Waals surface area contributed by atoms with Crippen LogP contribution in [-0.2, 0) is 9.63 Å². The normalized spacial score (nSPS) is 23.1. The highest BCUT2D eigenvalue weighted by Gasteiger charge is 2.45. The lowest BCUT2D eigenvalue weighted by Crippen LogP contribution is -2.49. The van der Waals surface area contributed by atoms with Gasteiger partial charge in [-0.1, -0.05) is 0 Å². The molecule has 1 rings (SSSR count). The Balaban J connectivity index is 2.43. The van der Waals surface area contributed by atoms with Crippen LogP contribution >= 0.6 is 0 Å². The average Bonchev–Trinajstić information content (AvgIpc) is 1.96. The molecule has 0 N–H and O–H groups in total. The van der Waals surface area contributed by atoms with E-state index in [1.165, 1.54) is 0 Å². The van der Waals surface area contributed by atoms with Crippen LogP contribution < -0.4 is 0 Å². The van der Waals surface area contributed by atoms with Crippen molar-refractivity contribution in [1.29, 1.82) is 5.26 Å². The highest BCUT2D eigenvalue weighted by atomic mass is 19.4. The Morgan fingerprint density at radius 2 is 2.23 bits per heavy atom. The molecular weight excluding hydrogens is 189 g/mol. The van der Waals surface area contributed by atoms with E-state index < -0.39 is 18.2 Å². The van der Waals surface area contributed by atoms with Gasteiger partial charge >= 0.3 is 12.1 Å². The zero-order valence-corrected chi connectivity index (χ0v) is 6.34. The summed E-state index contributed by atoms with van der Waals surface area (Å²) in [7, 11) is 0. The zero-order valence-electron chi connectivity index (χ0n) is 6.34. The van der Waals surface area contributed by atoms with Crippen LogP contribution in [0.15, 0.2) is 0 Å². The molecule has 0 bridgehead atoms. The monoisotopic (exact) mass is 194 g/mol. The Kier molecular flexibility index (Phi) is 2.43. The van der Waals surface area contributed by atoms with Gasteiger partial charge in [0.2, 0.25) is 0 Å². The summed E-state index contributed by atoms with van der Waals surface area (Å²) in [5.74, 6) is -2.28. The van der Waals surface area contributed by atoms with Crippen LogP contribution in [0.25, 0.3) is 0 Å². The number of hydroxylamine groups is 2. The lowest BCUT2D eigenvalue weighted by molar-refractivity contribution is -0.257. The van der Waals surface area contributed by atoms with Crippen LogP contribution in [-0.4, -0.2) is 29.8 Å². The van der Waals surface area contributed by atoms with Crippen molar-refractivity contribution in [3.05, 3.63) is 0 Å². The van der Waals surface area contributed by atoms with Crippen molar-refractivity contribution in [3.63, 3.8) is 0 Å². The van der Waals surface area contributed by atoms with Crippen molar-refractivity contribution < 1.29 is 22.8 Å². The molecule has 4 nitrogen and oxygen atoms in total. The number of hydrogen-bond acceptors (Lipinski definition) is 4. The molecule has 0 aromatic heterocycles. The van der Waals surface area contributed by atoms with E-state index in [0.29, 0.717) is 6.42 Å². The molecule has 1 fully saturated rings. The maximum Gasteiger partial charge on any atom is 0.492 e. The van der Waals surface area contributed by atoms with Crippen molar-refractivity contribution in [3.8, 4) is 6.07 Å². The van der Waals surface area contributed by atoms with Crippen LogP contribution in [0.3, 0.4) is 0 Å². The van der Waals surface area contributed by atoms with Crippen LogP contribution in [0.1, 0.15) is 6.42 Å². The number of halogens is 3. The highest BCUT2D eigenvalue weighted by Crippen LogP contribution is 2.22. The summed E-state index contributed by atoms with van der Waals surface area (Å²) in [6.45, 7) is 0.167. The molecule has 1 aliphatic rings. The molecule has 0 radical (unpaired) electrons. The third kappa shape index (κ3) is 2.09. The molecular formula is C6H5F3N2O2. The van der Waals surface area contributed by atoms with Crippen molar-refractivity contribution >= 4 is 5.97 Å². The second kappa shape index (κ2) is 3.22. The van der Waals surface area contributed by atoms with E-state index in [9.17, 15) is 18.0 Å². The standard InChI is InChI=1S/C6H5F3N2O2/c7-6(8,9)5(12)13-11-2-1-4(11)3-10/h4H,1-2H2/t4-/m0/s1. The second-order valence-corrected chi connectivity index (χ2v) is 2.45.